The van der Waals surface area contributed by atoms with Crippen LogP contribution in [0.1, 0.15) is 11.1 Å². The number of H-pyrrole nitrogens is 1. The van der Waals surface area contributed by atoms with Crippen molar-refractivity contribution in [3.05, 3.63) is 83.9 Å². The van der Waals surface area contributed by atoms with Gasteiger partial charge in [-0.15, -0.1) is 0 Å². The van der Waals surface area contributed by atoms with E-state index in [1.165, 1.54) is 0 Å². The number of nitrogens with one attached hydrogen (secondary N) is 1. The van der Waals surface area contributed by atoms with E-state index >= 15 is 0 Å². The lowest BCUT2D eigenvalue weighted by molar-refractivity contribution is -0.136. The van der Waals surface area contributed by atoms with E-state index in [0.29, 0.717) is 23.7 Å². The van der Waals surface area contributed by atoms with Crippen molar-refractivity contribution >= 4 is 16.9 Å². The molecule has 2 N–H and O–H groups in total. The van der Waals surface area contributed by atoms with Crippen LogP contribution in [0, 0.1) is 0 Å². The fraction of sp³-hybridized carbons (Fsp3) is 0.125. The SMILES string of the molecule is COc1ccc2[nH]c(-c3ccccc3OCc3ccccc3)c(CC(=O)O)c2c1. The van der Waals surface area contributed by atoms with Crippen LogP contribution < -0.4 is 9.47 Å². The maximum Gasteiger partial charge on any atom is 0.307 e. The van der Waals surface area contributed by atoms with Gasteiger partial charge in [0.1, 0.15) is 18.1 Å². The van der Waals surface area contributed by atoms with E-state index < -0.39 is 5.97 Å². The van der Waals surface area contributed by atoms with Gasteiger partial charge in [-0.05, 0) is 41.5 Å². The molecule has 29 heavy (non-hydrogen) atoms. The molecule has 0 unspecified atom stereocenters. The smallest absolute Gasteiger partial charge is 0.307 e. The topological polar surface area (TPSA) is 71.5 Å². The molecular formula is C24H21NO4. The van der Waals surface area contributed by atoms with Crippen LogP contribution in [0.4, 0.5) is 0 Å². The Morgan fingerprint density at radius 3 is 2.52 bits per heavy atom. The van der Waals surface area contributed by atoms with Crippen LogP contribution in [-0.4, -0.2) is 23.2 Å². The first-order valence-corrected chi connectivity index (χ1v) is 9.32. The molecule has 0 atom stereocenters. The maximum absolute atomic E-state index is 11.6. The van der Waals surface area contributed by atoms with E-state index in [0.717, 1.165) is 27.7 Å². The first kappa shape index (κ1) is 18.6. The van der Waals surface area contributed by atoms with Gasteiger partial charge in [0.2, 0.25) is 0 Å². The third kappa shape index (κ3) is 3.94. The molecule has 4 rings (SSSR count). The summed E-state index contributed by atoms with van der Waals surface area (Å²) in [6.07, 6.45) is -0.102. The standard InChI is InChI=1S/C24H21NO4/c1-28-17-11-12-21-19(13-17)20(14-23(26)27)24(25-21)18-9-5-6-10-22(18)29-15-16-7-3-2-4-8-16/h2-13,25H,14-15H2,1H3,(H,26,27). The lowest BCUT2D eigenvalue weighted by atomic mass is 10.0. The Bertz CT molecular complexity index is 1150. The fourth-order valence-corrected chi connectivity index (χ4v) is 3.45. The normalized spacial score (nSPS) is 10.8. The Labute approximate surface area is 168 Å². The highest BCUT2D eigenvalue weighted by molar-refractivity contribution is 5.95. The average molecular weight is 387 g/mol. The number of aliphatic carboxylic acids is 1. The molecule has 1 heterocycles. The van der Waals surface area contributed by atoms with Crippen molar-refractivity contribution in [1.29, 1.82) is 0 Å². The number of hydrogen-bond acceptors (Lipinski definition) is 3. The first-order chi connectivity index (χ1) is 14.2. The van der Waals surface area contributed by atoms with Gasteiger partial charge < -0.3 is 19.6 Å². The van der Waals surface area contributed by atoms with E-state index in [2.05, 4.69) is 4.98 Å². The number of aromatic nitrogens is 1. The Hall–Kier alpha value is -3.73. The van der Waals surface area contributed by atoms with Gasteiger partial charge >= 0.3 is 5.97 Å². The lowest BCUT2D eigenvalue weighted by Crippen LogP contribution is -2.02. The molecule has 146 valence electrons. The number of benzene rings is 3. The van der Waals surface area contributed by atoms with Gasteiger partial charge in [0.15, 0.2) is 0 Å². The van der Waals surface area contributed by atoms with Crippen LogP contribution in [0.15, 0.2) is 72.8 Å². The van der Waals surface area contributed by atoms with Gasteiger partial charge in [-0.2, -0.15) is 0 Å². The number of para-hydroxylation sites is 1. The van der Waals surface area contributed by atoms with Gasteiger partial charge in [0.05, 0.1) is 19.2 Å². The van der Waals surface area contributed by atoms with Crippen LogP contribution in [0.2, 0.25) is 0 Å². The predicted octanol–water partition coefficient (Wildman–Crippen LogP) is 5.05. The maximum atomic E-state index is 11.6. The molecule has 1 aromatic heterocycles. The molecule has 4 aromatic rings. The van der Waals surface area contributed by atoms with Crippen molar-refractivity contribution < 1.29 is 19.4 Å². The van der Waals surface area contributed by atoms with E-state index in [4.69, 9.17) is 9.47 Å². The molecule has 0 aliphatic carbocycles. The number of carbonyl (C=O) groups is 1. The molecular weight excluding hydrogens is 366 g/mol. The summed E-state index contributed by atoms with van der Waals surface area (Å²) in [6, 6.07) is 23.2. The largest absolute Gasteiger partial charge is 0.497 e. The van der Waals surface area contributed by atoms with Crippen molar-refractivity contribution in [2.75, 3.05) is 7.11 Å². The van der Waals surface area contributed by atoms with Crippen LogP contribution in [0.3, 0.4) is 0 Å². The van der Waals surface area contributed by atoms with Crippen LogP contribution >= 0.6 is 0 Å². The number of aromatic amines is 1. The molecule has 0 bridgehead atoms. The molecule has 5 heteroatoms. The first-order valence-electron chi connectivity index (χ1n) is 9.32. The van der Waals surface area contributed by atoms with Crippen molar-refractivity contribution in [3.63, 3.8) is 0 Å². The average Bonchev–Trinajstić information content (AvgIpc) is 3.10. The van der Waals surface area contributed by atoms with Gasteiger partial charge in [-0.25, -0.2) is 0 Å². The quantitative estimate of drug-likeness (QED) is 0.465. The lowest BCUT2D eigenvalue weighted by Gasteiger charge is -2.12. The Kier molecular flexibility index (Phi) is 5.20. The second kappa shape index (κ2) is 8.10. The number of ether oxygens (including phenoxy) is 2. The van der Waals surface area contributed by atoms with Crippen LogP contribution in [-0.2, 0) is 17.8 Å². The highest BCUT2D eigenvalue weighted by Gasteiger charge is 2.19. The monoisotopic (exact) mass is 387 g/mol. The second-order valence-electron chi connectivity index (χ2n) is 6.73. The molecule has 0 saturated heterocycles. The van der Waals surface area contributed by atoms with E-state index in [1.807, 2.05) is 72.8 Å². The number of carboxylic acid groups (broad SMARTS) is 1. The van der Waals surface area contributed by atoms with Crippen LogP contribution in [0.25, 0.3) is 22.2 Å². The molecule has 0 aliphatic rings. The Morgan fingerprint density at radius 2 is 1.76 bits per heavy atom. The number of fused-ring (bicyclic) bond motifs is 1. The Balaban J connectivity index is 1.79. The summed E-state index contributed by atoms with van der Waals surface area (Å²) in [5.74, 6) is 0.488. The molecule has 5 nitrogen and oxygen atoms in total. The summed E-state index contributed by atoms with van der Waals surface area (Å²) in [5.41, 5.74) is 4.21. The highest BCUT2D eigenvalue weighted by atomic mass is 16.5. The minimum Gasteiger partial charge on any atom is -0.497 e. The van der Waals surface area contributed by atoms with E-state index in [1.54, 1.807) is 7.11 Å². The van der Waals surface area contributed by atoms with Crippen LogP contribution in [0.5, 0.6) is 11.5 Å². The molecule has 0 spiro atoms. The van der Waals surface area contributed by atoms with Gasteiger partial charge in [0.25, 0.3) is 0 Å². The molecule has 0 amide bonds. The summed E-state index contributed by atoms with van der Waals surface area (Å²) < 4.78 is 11.4. The van der Waals surface area contributed by atoms with Crippen molar-refractivity contribution in [1.82, 2.24) is 4.98 Å². The predicted molar refractivity (Wildman–Crippen MR) is 112 cm³/mol. The van der Waals surface area contributed by atoms with Crippen molar-refractivity contribution in [2.45, 2.75) is 13.0 Å². The number of hydrogen-bond donors (Lipinski definition) is 2. The van der Waals surface area contributed by atoms with E-state index in [-0.39, 0.29) is 6.42 Å². The minimum absolute atomic E-state index is 0.102. The minimum atomic E-state index is -0.891. The second-order valence-corrected chi connectivity index (χ2v) is 6.73. The van der Waals surface area contributed by atoms with Gasteiger partial charge in [0, 0.05) is 16.5 Å². The summed E-state index contributed by atoms with van der Waals surface area (Å²) >= 11 is 0. The third-order valence-corrected chi connectivity index (χ3v) is 4.83. The Morgan fingerprint density at radius 1 is 1.00 bits per heavy atom. The summed E-state index contributed by atoms with van der Waals surface area (Å²) in [7, 11) is 1.60. The summed E-state index contributed by atoms with van der Waals surface area (Å²) in [5, 5.41) is 10.3. The van der Waals surface area contributed by atoms with Gasteiger partial charge in [-0.1, -0.05) is 42.5 Å². The zero-order chi connectivity index (χ0) is 20.2. The molecule has 0 saturated carbocycles. The molecule has 0 radical (unpaired) electrons. The van der Waals surface area contributed by atoms with Crippen molar-refractivity contribution in [2.24, 2.45) is 0 Å². The molecule has 0 fully saturated rings. The summed E-state index contributed by atoms with van der Waals surface area (Å²) in [6.45, 7) is 0.431. The summed E-state index contributed by atoms with van der Waals surface area (Å²) in [4.78, 5) is 14.9. The van der Waals surface area contributed by atoms with Gasteiger partial charge in [-0.3, -0.25) is 4.79 Å². The molecule has 3 aromatic carbocycles. The number of rotatable bonds is 7. The fourth-order valence-electron chi connectivity index (χ4n) is 3.45. The zero-order valence-corrected chi connectivity index (χ0v) is 16.0. The van der Waals surface area contributed by atoms with E-state index in [9.17, 15) is 9.90 Å². The third-order valence-electron chi connectivity index (χ3n) is 4.83. The zero-order valence-electron chi connectivity index (χ0n) is 16.0. The number of methoxy groups -OCH3 is 1. The van der Waals surface area contributed by atoms with Crippen molar-refractivity contribution in [3.8, 4) is 22.8 Å². The number of carboxylic acids is 1. The highest BCUT2D eigenvalue weighted by Crippen LogP contribution is 2.37. The molecule has 0 aliphatic heterocycles.